The molecule has 0 bridgehead atoms. The smallest absolute Gasteiger partial charge is 0.223 e. The molecular formula is C13H26N2O2. The van der Waals surface area contributed by atoms with E-state index in [2.05, 4.69) is 0 Å². The molecule has 3 N–H and O–H groups in total. The number of hydrogen-bond acceptors (Lipinski definition) is 3. The largest absolute Gasteiger partial charge is 0.396 e. The van der Waals surface area contributed by atoms with Crippen molar-refractivity contribution in [2.45, 2.75) is 52.0 Å². The number of nitrogens with two attached hydrogens (primary N) is 1. The van der Waals surface area contributed by atoms with Crippen LogP contribution in [0, 0.1) is 5.41 Å². The Kier molecular flexibility index (Phi) is 5.40. The van der Waals surface area contributed by atoms with Gasteiger partial charge in [0.05, 0.1) is 0 Å². The molecule has 0 radical (unpaired) electrons. The Balaban J connectivity index is 2.52. The molecule has 0 atom stereocenters. The van der Waals surface area contributed by atoms with Crippen LogP contribution in [0.2, 0.25) is 0 Å². The van der Waals surface area contributed by atoms with Crippen molar-refractivity contribution in [2.24, 2.45) is 11.1 Å². The normalized spacial score (nSPS) is 17.9. The third-order valence-electron chi connectivity index (χ3n) is 3.87. The first-order valence-electron chi connectivity index (χ1n) is 6.65. The van der Waals surface area contributed by atoms with E-state index < -0.39 is 0 Å². The van der Waals surface area contributed by atoms with Gasteiger partial charge in [0.1, 0.15) is 0 Å². The van der Waals surface area contributed by atoms with Gasteiger partial charge in [0.2, 0.25) is 5.91 Å². The van der Waals surface area contributed by atoms with Gasteiger partial charge in [-0.2, -0.15) is 0 Å². The van der Waals surface area contributed by atoms with E-state index in [1.807, 2.05) is 18.7 Å². The van der Waals surface area contributed by atoms with Gasteiger partial charge < -0.3 is 15.7 Å². The minimum Gasteiger partial charge on any atom is -0.396 e. The molecule has 1 amide bonds. The predicted octanol–water partition coefficient (Wildman–Crippen LogP) is 1.12. The first-order valence-corrected chi connectivity index (χ1v) is 6.65. The van der Waals surface area contributed by atoms with Gasteiger partial charge >= 0.3 is 0 Å². The van der Waals surface area contributed by atoms with Gasteiger partial charge in [0, 0.05) is 25.6 Å². The van der Waals surface area contributed by atoms with Crippen LogP contribution in [-0.4, -0.2) is 41.7 Å². The third-order valence-corrected chi connectivity index (χ3v) is 3.87. The molecule has 1 aliphatic rings. The number of carbonyl (C=O) groups excluding carboxylic acids is 1. The van der Waals surface area contributed by atoms with Crippen molar-refractivity contribution < 1.29 is 9.90 Å². The van der Waals surface area contributed by atoms with Crippen LogP contribution in [0.3, 0.4) is 0 Å². The van der Waals surface area contributed by atoms with Gasteiger partial charge in [-0.1, -0.05) is 6.42 Å². The lowest BCUT2D eigenvalue weighted by Gasteiger charge is -2.42. The lowest BCUT2D eigenvalue weighted by atomic mass is 9.66. The fraction of sp³-hybridized carbons (Fsp3) is 0.923. The fourth-order valence-electron chi connectivity index (χ4n) is 2.46. The first kappa shape index (κ1) is 14.5. The second kappa shape index (κ2) is 6.36. The van der Waals surface area contributed by atoms with Gasteiger partial charge in [-0.15, -0.1) is 0 Å². The molecule has 0 aromatic carbocycles. The van der Waals surface area contributed by atoms with Crippen LogP contribution in [0.5, 0.6) is 0 Å². The summed E-state index contributed by atoms with van der Waals surface area (Å²) in [6.07, 6.45) is 4.60. The molecular weight excluding hydrogens is 216 g/mol. The lowest BCUT2D eigenvalue weighted by Crippen LogP contribution is -2.45. The summed E-state index contributed by atoms with van der Waals surface area (Å²) in [4.78, 5) is 14.1. The molecule has 1 fully saturated rings. The molecule has 0 aliphatic heterocycles. The van der Waals surface area contributed by atoms with E-state index in [9.17, 15) is 4.79 Å². The lowest BCUT2D eigenvalue weighted by molar-refractivity contribution is -0.137. The fourth-order valence-corrected chi connectivity index (χ4v) is 2.46. The Morgan fingerprint density at radius 1 is 1.47 bits per heavy atom. The molecule has 4 heteroatoms. The Morgan fingerprint density at radius 3 is 2.47 bits per heavy atom. The summed E-state index contributed by atoms with van der Waals surface area (Å²) < 4.78 is 0. The minimum atomic E-state index is 0.0729. The topological polar surface area (TPSA) is 66.6 Å². The highest BCUT2D eigenvalue weighted by Crippen LogP contribution is 2.43. The zero-order chi connectivity index (χ0) is 12.9. The Morgan fingerprint density at radius 2 is 2.12 bits per heavy atom. The second-order valence-electron chi connectivity index (χ2n) is 5.49. The van der Waals surface area contributed by atoms with E-state index in [4.69, 9.17) is 10.8 Å². The van der Waals surface area contributed by atoms with Crippen LogP contribution >= 0.6 is 0 Å². The molecule has 1 rings (SSSR count). The van der Waals surface area contributed by atoms with Gasteiger partial charge in [-0.3, -0.25) is 4.79 Å². The zero-order valence-electron chi connectivity index (χ0n) is 11.1. The van der Waals surface area contributed by atoms with Crippen molar-refractivity contribution in [3.05, 3.63) is 0 Å². The monoisotopic (exact) mass is 242 g/mol. The first-order chi connectivity index (χ1) is 8.04. The van der Waals surface area contributed by atoms with E-state index in [1.165, 1.54) is 6.42 Å². The molecule has 0 spiro atoms. The van der Waals surface area contributed by atoms with E-state index in [-0.39, 0.29) is 24.0 Å². The number of hydrogen-bond donors (Lipinski definition) is 2. The summed E-state index contributed by atoms with van der Waals surface area (Å²) in [5.74, 6) is 0.193. The Bertz CT molecular complexity index is 244. The number of rotatable bonds is 7. The molecule has 1 saturated carbocycles. The van der Waals surface area contributed by atoms with Gasteiger partial charge in [0.15, 0.2) is 0 Å². The molecule has 0 aromatic rings. The van der Waals surface area contributed by atoms with E-state index in [1.54, 1.807) is 0 Å². The van der Waals surface area contributed by atoms with E-state index in [0.29, 0.717) is 25.9 Å². The standard InChI is InChI=1S/C13H26N2O2/c1-11(2)15(7-4-8-16)12(17)9-13(10-14)5-3-6-13/h11,16H,3-10,14H2,1-2H3. The predicted molar refractivity (Wildman–Crippen MR) is 68.5 cm³/mol. The summed E-state index contributed by atoms with van der Waals surface area (Å²) in [5.41, 5.74) is 5.86. The van der Waals surface area contributed by atoms with Crippen LogP contribution in [-0.2, 0) is 4.79 Å². The van der Waals surface area contributed by atoms with Crippen molar-refractivity contribution in [3.8, 4) is 0 Å². The second-order valence-corrected chi connectivity index (χ2v) is 5.49. The van der Waals surface area contributed by atoms with Crippen molar-refractivity contribution in [2.75, 3.05) is 19.7 Å². The summed E-state index contributed by atoms with van der Waals surface area (Å²) in [7, 11) is 0. The van der Waals surface area contributed by atoms with Crippen LogP contribution < -0.4 is 5.73 Å². The number of aliphatic hydroxyl groups excluding tert-OH is 1. The van der Waals surface area contributed by atoms with E-state index >= 15 is 0 Å². The average Bonchev–Trinajstić information content (AvgIpc) is 2.23. The summed E-state index contributed by atoms with van der Waals surface area (Å²) >= 11 is 0. The molecule has 0 unspecified atom stereocenters. The molecule has 4 nitrogen and oxygen atoms in total. The zero-order valence-corrected chi connectivity index (χ0v) is 11.1. The quantitative estimate of drug-likeness (QED) is 0.703. The Hall–Kier alpha value is -0.610. The van der Waals surface area contributed by atoms with Gasteiger partial charge in [-0.05, 0) is 45.1 Å². The SMILES string of the molecule is CC(C)N(CCCO)C(=O)CC1(CN)CCC1. The van der Waals surface area contributed by atoms with Crippen LogP contribution in [0.4, 0.5) is 0 Å². The summed E-state index contributed by atoms with van der Waals surface area (Å²) in [5, 5.41) is 8.86. The molecule has 17 heavy (non-hydrogen) atoms. The van der Waals surface area contributed by atoms with Gasteiger partial charge in [0.25, 0.3) is 0 Å². The van der Waals surface area contributed by atoms with Crippen molar-refractivity contribution in [1.82, 2.24) is 4.90 Å². The molecule has 100 valence electrons. The van der Waals surface area contributed by atoms with Crippen molar-refractivity contribution in [1.29, 1.82) is 0 Å². The van der Waals surface area contributed by atoms with Crippen molar-refractivity contribution in [3.63, 3.8) is 0 Å². The highest BCUT2D eigenvalue weighted by atomic mass is 16.3. The maximum Gasteiger partial charge on any atom is 0.223 e. The maximum absolute atomic E-state index is 12.2. The molecule has 1 aliphatic carbocycles. The molecule has 0 aromatic heterocycles. The van der Waals surface area contributed by atoms with Gasteiger partial charge in [-0.25, -0.2) is 0 Å². The minimum absolute atomic E-state index is 0.0729. The highest BCUT2D eigenvalue weighted by Gasteiger charge is 2.38. The Labute approximate surface area is 104 Å². The van der Waals surface area contributed by atoms with E-state index in [0.717, 1.165) is 12.8 Å². The molecule has 0 saturated heterocycles. The van der Waals surface area contributed by atoms with Crippen LogP contribution in [0.25, 0.3) is 0 Å². The number of aliphatic hydroxyl groups is 1. The number of amides is 1. The van der Waals surface area contributed by atoms with Crippen molar-refractivity contribution >= 4 is 5.91 Å². The maximum atomic E-state index is 12.2. The third kappa shape index (κ3) is 3.68. The van der Waals surface area contributed by atoms with Crippen LogP contribution in [0.1, 0.15) is 46.0 Å². The average molecular weight is 242 g/mol. The summed E-state index contributed by atoms with van der Waals surface area (Å²) in [6.45, 7) is 5.44. The van der Waals surface area contributed by atoms with Crippen LogP contribution in [0.15, 0.2) is 0 Å². The number of nitrogens with zero attached hydrogens (tertiary/aromatic N) is 1. The molecule has 0 heterocycles. The highest BCUT2D eigenvalue weighted by molar-refractivity contribution is 5.77. The number of carbonyl (C=O) groups is 1. The summed E-state index contributed by atoms with van der Waals surface area (Å²) in [6, 6.07) is 0.198.